The van der Waals surface area contributed by atoms with Crippen LogP contribution in [0.15, 0.2) is 6.20 Å². The highest BCUT2D eigenvalue weighted by Crippen LogP contribution is 2.14. The molecule has 1 aliphatic rings. The van der Waals surface area contributed by atoms with Crippen LogP contribution >= 0.6 is 11.7 Å². The number of aliphatic hydroxyl groups is 1. The number of rotatable bonds is 2. The number of nitrogens with zero attached hydrogens (tertiary/aromatic N) is 3. The zero-order chi connectivity index (χ0) is 11.5. The quantitative estimate of drug-likeness (QED) is 0.776. The fourth-order valence-corrected chi connectivity index (χ4v) is 2.02. The second-order valence-electron chi connectivity index (χ2n) is 3.74. The molecule has 16 heavy (non-hydrogen) atoms. The van der Waals surface area contributed by atoms with Crippen molar-refractivity contribution in [1.82, 2.24) is 13.6 Å². The average molecular weight is 243 g/mol. The van der Waals surface area contributed by atoms with Crippen LogP contribution in [-0.2, 0) is 4.74 Å². The molecule has 1 amide bonds. The SMILES string of the molecule is CC1COC(CO)CN1C(=O)c1cnsn1. The summed E-state index contributed by atoms with van der Waals surface area (Å²) in [6.07, 6.45) is 1.16. The van der Waals surface area contributed by atoms with Gasteiger partial charge in [0.1, 0.15) is 0 Å². The number of aliphatic hydroxyl groups excluding tert-OH is 1. The number of carbonyl (C=O) groups is 1. The van der Waals surface area contributed by atoms with E-state index in [-0.39, 0.29) is 24.7 Å². The summed E-state index contributed by atoms with van der Waals surface area (Å²) in [6.45, 7) is 2.67. The fraction of sp³-hybridized carbons (Fsp3) is 0.667. The van der Waals surface area contributed by atoms with E-state index in [9.17, 15) is 4.79 Å². The van der Waals surface area contributed by atoms with Crippen LogP contribution in [0.3, 0.4) is 0 Å². The van der Waals surface area contributed by atoms with Crippen LogP contribution in [0.25, 0.3) is 0 Å². The molecule has 0 aliphatic carbocycles. The summed E-state index contributed by atoms with van der Waals surface area (Å²) in [6, 6.07) is -0.00278. The molecule has 2 unspecified atom stereocenters. The summed E-state index contributed by atoms with van der Waals surface area (Å²) in [5.41, 5.74) is 0.357. The van der Waals surface area contributed by atoms with Gasteiger partial charge in [-0.25, -0.2) is 0 Å². The molecule has 1 aromatic rings. The number of morpholine rings is 1. The van der Waals surface area contributed by atoms with E-state index in [2.05, 4.69) is 8.75 Å². The Balaban J connectivity index is 2.09. The lowest BCUT2D eigenvalue weighted by atomic mass is 10.2. The Hall–Kier alpha value is -1.05. The van der Waals surface area contributed by atoms with Crippen molar-refractivity contribution in [2.75, 3.05) is 19.8 Å². The maximum absolute atomic E-state index is 12.0. The summed E-state index contributed by atoms with van der Waals surface area (Å²) < 4.78 is 13.1. The third kappa shape index (κ3) is 2.21. The summed E-state index contributed by atoms with van der Waals surface area (Å²) in [5, 5.41) is 9.02. The highest BCUT2D eigenvalue weighted by atomic mass is 32.1. The van der Waals surface area contributed by atoms with Crippen molar-refractivity contribution in [3.8, 4) is 0 Å². The molecular weight excluding hydrogens is 230 g/mol. The number of ether oxygens (including phenoxy) is 1. The molecule has 7 heteroatoms. The van der Waals surface area contributed by atoms with E-state index in [1.54, 1.807) is 4.90 Å². The summed E-state index contributed by atoms with van der Waals surface area (Å²) in [7, 11) is 0. The van der Waals surface area contributed by atoms with Gasteiger partial charge in [0.05, 0.1) is 43.3 Å². The molecule has 6 nitrogen and oxygen atoms in total. The van der Waals surface area contributed by atoms with Gasteiger partial charge in [-0.15, -0.1) is 0 Å². The summed E-state index contributed by atoms with van der Waals surface area (Å²) >= 11 is 1.01. The molecule has 1 fully saturated rings. The van der Waals surface area contributed by atoms with E-state index in [0.717, 1.165) is 11.7 Å². The summed E-state index contributed by atoms with van der Waals surface area (Å²) in [5.74, 6) is -0.150. The van der Waals surface area contributed by atoms with Crippen molar-refractivity contribution in [3.05, 3.63) is 11.9 Å². The Kier molecular flexibility index (Phi) is 3.47. The Bertz CT molecular complexity index is 357. The van der Waals surface area contributed by atoms with Crippen LogP contribution in [0.1, 0.15) is 17.4 Å². The first-order valence-corrected chi connectivity index (χ1v) is 5.76. The normalized spacial score (nSPS) is 25.8. The van der Waals surface area contributed by atoms with Gasteiger partial charge in [-0.2, -0.15) is 8.75 Å². The fourth-order valence-electron chi connectivity index (χ4n) is 1.62. The molecule has 0 bridgehead atoms. The summed E-state index contributed by atoms with van der Waals surface area (Å²) in [4.78, 5) is 13.7. The van der Waals surface area contributed by atoms with E-state index in [4.69, 9.17) is 9.84 Å². The molecule has 0 radical (unpaired) electrons. The molecule has 1 N–H and O–H groups in total. The van der Waals surface area contributed by atoms with E-state index in [1.165, 1.54) is 6.20 Å². The zero-order valence-electron chi connectivity index (χ0n) is 8.87. The predicted molar refractivity (Wildman–Crippen MR) is 57.2 cm³/mol. The number of carbonyl (C=O) groups excluding carboxylic acids is 1. The average Bonchev–Trinajstić information content (AvgIpc) is 2.82. The van der Waals surface area contributed by atoms with Gasteiger partial charge in [0.25, 0.3) is 5.91 Å². The largest absolute Gasteiger partial charge is 0.394 e. The van der Waals surface area contributed by atoms with E-state index in [0.29, 0.717) is 18.8 Å². The molecule has 1 aliphatic heterocycles. The standard InChI is InChI=1S/C9H13N3O3S/c1-6-5-15-7(4-13)3-12(6)9(14)8-2-10-16-11-8/h2,6-7,13H,3-5H2,1H3. The van der Waals surface area contributed by atoms with E-state index < -0.39 is 0 Å². The van der Waals surface area contributed by atoms with Crippen LogP contribution in [0.4, 0.5) is 0 Å². The Morgan fingerprint density at radius 2 is 2.62 bits per heavy atom. The molecule has 0 aromatic carbocycles. The van der Waals surface area contributed by atoms with Crippen LogP contribution < -0.4 is 0 Å². The maximum Gasteiger partial charge on any atom is 0.275 e. The molecule has 2 heterocycles. The molecule has 0 spiro atoms. The molecule has 1 aromatic heterocycles. The van der Waals surface area contributed by atoms with Crippen molar-refractivity contribution >= 4 is 17.6 Å². The monoisotopic (exact) mass is 243 g/mol. The number of aromatic nitrogens is 2. The van der Waals surface area contributed by atoms with Gasteiger partial charge in [-0.05, 0) is 6.92 Å². The highest BCUT2D eigenvalue weighted by molar-refractivity contribution is 6.99. The Morgan fingerprint density at radius 3 is 3.25 bits per heavy atom. The molecule has 0 saturated carbocycles. The lowest BCUT2D eigenvalue weighted by Crippen LogP contribution is -2.52. The van der Waals surface area contributed by atoms with Crippen LogP contribution in [-0.4, -0.2) is 56.6 Å². The first kappa shape index (κ1) is 11.4. The Labute approximate surface area is 97.2 Å². The van der Waals surface area contributed by atoms with Gasteiger partial charge < -0.3 is 14.7 Å². The van der Waals surface area contributed by atoms with Crippen molar-refractivity contribution in [1.29, 1.82) is 0 Å². The predicted octanol–water partition coefficient (Wildman–Crippen LogP) is -0.240. The molecule has 88 valence electrons. The maximum atomic E-state index is 12.0. The second-order valence-corrected chi connectivity index (χ2v) is 4.29. The van der Waals surface area contributed by atoms with E-state index >= 15 is 0 Å². The van der Waals surface area contributed by atoms with Gasteiger partial charge >= 0.3 is 0 Å². The number of amides is 1. The van der Waals surface area contributed by atoms with Gasteiger partial charge in [0, 0.05) is 6.54 Å². The Morgan fingerprint density at radius 1 is 1.81 bits per heavy atom. The highest BCUT2D eigenvalue weighted by Gasteiger charge is 2.30. The lowest BCUT2D eigenvalue weighted by Gasteiger charge is -2.36. The van der Waals surface area contributed by atoms with Crippen LogP contribution in [0.2, 0.25) is 0 Å². The first-order chi connectivity index (χ1) is 7.72. The van der Waals surface area contributed by atoms with Crippen molar-refractivity contribution in [2.24, 2.45) is 0 Å². The minimum Gasteiger partial charge on any atom is -0.394 e. The number of hydrogen-bond acceptors (Lipinski definition) is 6. The third-order valence-electron chi connectivity index (χ3n) is 2.55. The second kappa shape index (κ2) is 4.86. The molecule has 2 atom stereocenters. The van der Waals surface area contributed by atoms with Gasteiger partial charge in [-0.1, -0.05) is 0 Å². The van der Waals surface area contributed by atoms with Gasteiger partial charge in [0.2, 0.25) is 0 Å². The van der Waals surface area contributed by atoms with Crippen molar-refractivity contribution < 1.29 is 14.6 Å². The third-order valence-corrected chi connectivity index (χ3v) is 3.03. The van der Waals surface area contributed by atoms with Crippen molar-refractivity contribution in [2.45, 2.75) is 19.1 Å². The topological polar surface area (TPSA) is 75.6 Å². The van der Waals surface area contributed by atoms with E-state index in [1.807, 2.05) is 6.92 Å². The lowest BCUT2D eigenvalue weighted by molar-refractivity contribution is -0.0668. The van der Waals surface area contributed by atoms with Gasteiger partial charge in [0.15, 0.2) is 5.69 Å². The smallest absolute Gasteiger partial charge is 0.275 e. The zero-order valence-corrected chi connectivity index (χ0v) is 9.68. The molecule has 2 rings (SSSR count). The van der Waals surface area contributed by atoms with Crippen LogP contribution in [0, 0.1) is 0 Å². The van der Waals surface area contributed by atoms with Crippen molar-refractivity contribution in [3.63, 3.8) is 0 Å². The molecule has 1 saturated heterocycles. The molecular formula is C9H13N3O3S. The number of hydrogen-bond donors (Lipinski definition) is 1. The van der Waals surface area contributed by atoms with Crippen LogP contribution in [0.5, 0.6) is 0 Å². The van der Waals surface area contributed by atoms with Gasteiger partial charge in [-0.3, -0.25) is 4.79 Å². The minimum atomic E-state index is -0.299. The minimum absolute atomic E-state index is 0.00278. The first-order valence-electron chi connectivity index (χ1n) is 5.03.